The number of rotatable bonds is 5. The fourth-order valence-electron chi connectivity index (χ4n) is 4.90. The maximum Gasteiger partial charge on any atom is 0.231 e. The molecule has 2 aliphatic carbocycles. The Hall–Kier alpha value is -2.56. The van der Waals surface area contributed by atoms with Crippen molar-refractivity contribution in [3.63, 3.8) is 0 Å². The summed E-state index contributed by atoms with van der Waals surface area (Å²) in [5.41, 5.74) is 1.82. The Bertz CT molecular complexity index is 887. The Morgan fingerprint density at radius 3 is 2.43 bits per heavy atom. The van der Waals surface area contributed by atoms with Crippen LogP contribution in [0.4, 0.5) is 4.39 Å². The maximum absolute atomic E-state index is 13.7. The minimum absolute atomic E-state index is 0.144. The molecule has 1 amide bonds. The summed E-state index contributed by atoms with van der Waals surface area (Å²) in [6.07, 6.45) is 4.80. The Morgan fingerprint density at radius 1 is 0.964 bits per heavy atom. The van der Waals surface area contributed by atoms with Gasteiger partial charge in [-0.1, -0.05) is 31.0 Å². The monoisotopic (exact) mass is 381 g/mol. The molecular weight excluding hydrogens is 357 g/mol. The van der Waals surface area contributed by atoms with Gasteiger partial charge in [-0.25, -0.2) is 4.39 Å². The number of ether oxygens (including phenoxy) is 2. The van der Waals surface area contributed by atoms with Crippen molar-refractivity contribution in [1.29, 1.82) is 0 Å². The van der Waals surface area contributed by atoms with E-state index in [0.29, 0.717) is 24.9 Å². The summed E-state index contributed by atoms with van der Waals surface area (Å²) in [5, 5.41) is 0. The molecule has 0 saturated heterocycles. The highest BCUT2D eigenvalue weighted by molar-refractivity contribution is 5.82. The molecular formula is C23H24FNO3. The van der Waals surface area contributed by atoms with Crippen LogP contribution in [0.15, 0.2) is 42.5 Å². The molecule has 5 rings (SSSR count). The molecule has 4 nitrogen and oxygen atoms in total. The van der Waals surface area contributed by atoms with Gasteiger partial charge in [0.1, 0.15) is 5.82 Å². The molecule has 2 aromatic carbocycles. The van der Waals surface area contributed by atoms with E-state index in [1.807, 2.05) is 29.2 Å². The van der Waals surface area contributed by atoms with Gasteiger partial charge in [0.2, 0.25) is 12.7 Å². The summed E-state index contributed by atoms with van der Waals surface area (Å²) >= 11 is 0. The van der Waals surface area contributed by atoms with Crippen LogP contribution < -0.4 is 9.47 Å². The van der Waals surface area contributed by atoms with Gasteiger partial charge in [0.25, 0.3) is 0 Å². The first-order valence-corrected chi connectivity index (χ1v) is 10.1. The zero-order chi connectivity index (χ0) is 19.1. The van der Waals surface area contributed by atoms with Crippen molar-refractivity contribution in [3.05, 3.63) is 59.4 Å². The Balaban J connectivity index is 1.38. The van der Waals surface area contributed by atoms with E-state index in [1.165, 1.54) is 37.8 Å². The standard InChI is InChI=1S/C23H24FNO3/c24-17-5-3-4-15(10-17)12-25(23(26)22-18-6-1-2-7-19(18)22)13-16-8-9-20-21(11-16)28-14-27-20/h3-5,8-11,18-19,22H,1-2,6-7,12-14H2/t18-,19-/m1/s1. The van der Waals surface area contributed by atoms with Crippen molar-refractivity contribution in [2.24, 2.45) is 17.8 Å². The molecule has 5 heteroatoms. The highest BCUT2D eigenvalue weighted by atomic mass is 19.1. The largest absolute Gasteiger partial charge is 0.454 e. The zero-order valence-corrected chi connectivity index (χ0v) is 15.8. The van der Waals surface area contributed by atoms with Crippen LogP contribution in [0.5, 0.6) is 11.5 Å². The van der Waals surface area contributed by atoms with E-state index in [4.69, 9.17) is 9.47 Å². The number of benzene rings is 2. The van der Waals surface area contributed by atoms with E-state index in [1.54, 1.807) is 6.07 Å². The fraction of sp³-hybridized carbons (Fsp3) is 0.435. The molecule has 1 heterocycles. The number of carbonyl (C=O) groups excluding carboxylic acids is 1. The molecule has 146 valence electrons. The number of hydrogen-bond donors (Lipinski definition) is 0. The van der Waals surface area contributed by atoms with E-state index in [9.17, 15) is 9.18 Å². The van der Waals surface area contributed by atoms with Gasteiger partial charge in [-0.2, -0.15) is 0 Å². The maximum atomic E-state index is 13.7. The van der Waals surface area contributed by atoms with Gasteiger partial charge in [0.15, 0.2) is 11.5 Å². The summed E-state index contributed by atoms with van der Waals surface area (Å²) in [6.45, 7) is 1.14. The average molecular weight is 381 g/mol. The lowest BCUT2D eigenvalue weighted by Crippen LogP contribution is -2.32. The molecule has 0 unspecified atom stereocenters. The van der Waals surface area contributed by atoms with Gasteiger partial charge < -0.3 is 14.4 Å². The zero-order valence-electron chi connectivity index (χ0n) is 15.8. The van der Waals surface area contributed by atoms with E-state index >= 15 is 0 Å². The van der Waals surface area contributed by atoms with Crippen LogP contribution in [0.1, 0.15) is 36.8 Å². The summed E-state index contributed by atoms with van der Waals surface area (Å²) in [6, 6.07) is 12.3. The Morgan fingerprint density at radius 2 is 1.68 bits per heavy atom. The highest BCUT2D eigenvalue weighted by Crippen LogP contribution is 2.56. The third-order valence-electron chi connectivity index (χ3n) is 6.33. The minimum Gasteiger partial charge on any atom is -0.454 e. The van der Waals surface area contributed by atoms with Crippen molar-refractivity contribution >= 4 is 5.91 Å². The van der Waals surface area contributed by atoms with Crippen LogP contribution in [-0.2, 0) is 17.9 Å². The van der Waals surface area contributed by atoms with Gasteiger partial charge in [0.05, 0.1) is 0 Å². The topological polar surface area (TPSA) is 38.8 Å². The predicted molar refractivity (Wildman–Crippen MR) is 102 cm³/mol. The van der Waals surface area contributed by atoms with Crippen LogP contribution in [0.2, 0.25) is 0 Å². The van der Waals surface area contributed by atoms with Gasteiger partial charge in [-0.3, -0.25) is 4.79 Å². The number of carbonyl (C=O) groups is 1. The summed E-state index contributed by atoms with van der Waals surface area (Å²) < 4.78 is 24.5. The Labute approximate surface area is 164 Å². The smallest absolute Gasteiger partial charge is 0.231 e. The molecule has 1 aliphatic heterocycles. The van der Waals surface area contributed by atoms with Crippen molar-refractivity contribution in [2.45, 2.75) is 38.8 Å². The number of amides is 1. The minimum atomic E-state index is -0.270. The lowest BCUT2D eigenvalue weighted by Gasteiger charge is -2.24. The SMILES string of the molecule is O=C(C1[C@@H]2CCCC[C@@H]12)N(Cc1cccc(F)c1)Cc1ccc2c(c1)OCO2. The van der Waals surface area contributed by atoms with Gasteiger partial charge in [-0.05, 0) is 60.1 Å². The fourth-order valence-corrected chi connectivity index (χ4v) is 4.90. The molecule has 0 N–H and O–H groups in total. The van der Waals surface area contributed by atoms with Crippen LogP contribution in [0, 0.1) is 23.6 Å². The molecule has 0 spiro atoms. The van der Waals surface area contributed by atoms with Crippen molar-refractivity contribution in [2.75, 3.05) is 6.79 Å². The summed E-state index contributed by atoms with van der Waals surface area (Å²) in [4.78, 5) is 15.3. The summed E-state index contributed by atoms with van der Waals surface area (Å²) in [7, 11) is 0. The van der Waals surface area contributed by atoms with E-state index < -0.39 is 0 Å². The normalized spacial score (nSPS) is 24.5. The molecule has 2 aromatic rings. The lowest BCUT2D eigenvalue weighted by molar-refractivity contribution is -0.134. The molecule has 3 aliphatic rings. The molecule has 0 bridgehead atoms. The van der Waals surface area contributed by atoms with Crippen LogP contribution in [0.25, 0.3) is 0 Å². The van der Waals surface area contributed by atoms with Crippen LogP contribution in [-0.4, -0.2) is 17.6 Å². The average Bonchev–Trinajstić information content (AvgIpc) is 3.24. The van der Waals surface area contributed by atoms with E-state index in [2.05, 4.69) is 0 Å². The first-order chi connectivity index (χ1) is 13.7. The second kappa shape index (κ2) is 7.12. The second-order valence-corrected chi connectivity index (χ2v) is 8.15. The first-order valence-electron chi connectivity index (χ1n) is 10.1. The number of fused-ring (bicyclic) bond motifs is 2. The van der Waals surface area contributed by atoms with Gasteiger partial charge in [0, 0.05) is 19.0 Å². The molecule has 0 radical (unpaired) electrons. The predicted octanol–water partition coefficient (Wildman–Crippen LogP) is 4.52. The van der Waals surface area contributed by atoms with Crippen LogP contribution >= 0.6 is 0 Å². The number of hydrogen-bond acceptors (Lipinski definition) is 3. The third kappa shape index (κ3) is 3.34. The Kier molecular flexibility index (Phi) is 4.46. The van der Waals surface area contributed by atoms with Crippen LogP contribution in [0.3, 0.4) is 0 Å². The first kappa shape index (κ1) is 17.5. The van der Waals surface area contributed by atoms with E-state index in [-0.39, 0.29) is 24.4 Å². The molecule has 28 heavy (non-hydrogen) atoms. The molecule has 2 fully saturated rings. The van der Waals surface area contributed by atoms with Crippen molar-refractivity contribution < 1.29 is 18.7 Å². The quantitative estimate of drug-likeness (QED) is 0.764. The second-order valence-electron chi connectivity index (χ2n) is 8.15. The molecule has 2 atom stereocenters. The van der Waals surface area contributed by atoms with Gasteiger partial charge >= 0.3 is 0 Å². The van der Waals surface area contributed by atoms with Crippen molar-refractivity contribution in [1.82, 2.24) is 4.90 Å². The molecule has 2 saturated carbocycles. The third-order valence-corrected chi connectivity index (χ3v) is 6.33. The summed E-state index contributed by atoms with van der Waals surface area (Å²) in [5.74, 6) is 2.63. The van der Waals surface area contributed by atoms with Gasteiger partial charge in [-0.15, -0.1) is 0 Å². The van der Waals surface area contributed by atoms with E-state index in [0.717, 1.165) is 22.6 Å². The molecule has 0 aromatic heterocycles. The highest BCUT2D eigenvalue weighted by Gasteiger charge is 2.55. The number of halogens is 1. The number of nitrogens with zero attached hydrogens (tertiary/aromatic N) is 1. The van der Waals surface area contributed by atoms with Crippen molar-refractivity contribution in [3.8, 4) is 11.5 Å². The lowest BCUT2D eigenvalue weighted by atomic mass is 10.0.